The molecule has 0 amide bonds. The molecule has 1 saturated heterocycles. The summed E-state index contributed by atoms with van der Waals surface area (Å²) in [5.41, 5.74) is 0. The summed E-state index contributed by atoms with van der Waals surface area (Å²) in [5, 5.41) is 0.236. The second-order valence-electron chi connectivity index (χ2n) is 2.60. The fourth-order valence-electron chi connectivity index (χ4n) is 0.954. The van der Waals surface area contributed by atoms with Gasteiger partial charge in [0.1, 0.15) is 0 Å². The van der Waals surface area contributed by atoms with Crippen LogP contribution >= 0.6 is 11.8 Å². The van der Waals surface area contributed by atoms with Crippen LogP contribution in [-0.4, -0.2) is 35.5 Å². The number of halogens is 2. The third-order valence-electron chi connectivity index (χ3n) is 1.72. The lowest BCUT2D eigenvalue weighted by molar-refractivity contribution is -0.132. The molecular weight excluding hydrogens is 156 g/mol. The third-order valence-corrected chi connectivity index (χ3v) is 2.70. The molecule has 60 valence electrons. The van der Waals surface area contributed by atoms with Gasteiger partial charge >= 0.3 is 0 Å². The van der Waals surface area contributed by atoms with Gasteiger partial charge in [0.2, 0.25) is 0 Å². The highest BCUT2D eigenvalue weighted by molar-refractivity contribution is 7.99. The van der Waals surface area contributed by atoms with Gasteiger partial charge in [0.05, 0.1) is 18.5 Å². The van der Waals surface area contributed by atoms with Crippen molar-refractivity contribution >= 4 is 11.8 Å². The molecule has 1 aliphatic heterocycles. The molecule has 10 heavy (non-hydrogen) atoms. The van der Waals surface area contributed by atoms with Gasteiger partial charge in [0.25, 0.3) is 5.92 Å². The van der Waals surface area contributed by atoms with Crippen LogP contribution in [0.5, 0.6) is 0 Å². The zero-order chi connectivity index (χ0) is 7.78. The predicted molar refractivity (Wildman–Crippen MR) is 39.5 cm³/mol. The molecule has 1 heterocycles. The summed E-state index contributed by atoms with van der Waals surface area (Å²) in [7, 11) is 0. The van der Waals surface area contributed by atoms with Gasteiger partial charge in [-0.05, 0) is 13.2 Å². The summed E-state index contributed by atoms with van der Waals surface area (Å²) < 4.78 is 24.5. The van der Waals surface area contributed by atoms with Crippen LogP contribution in [0.25, 0.3) is 0 Å². The first-order valence-corrected chi connectivity index (χ1v) is 4.48. The van der Waals surface area contributed by atoms with Crippen molar-refractivity contribution in [1.29, 1.82) is 0 Å². The fourth-order valence-corrected chi connectivity index (χ4v) is 1.40. The maximum absolute atomic E-state index is 12.2. The van der Waals surface area contributed by atoms with Crippen LogP contribution < -0.4 is 0 Å². The van der Waals surface area contributed by atoms with E-state index in [1.165, 1.54) is 0 Å². The van der Waals surface area contributed by atoms with E-state index in [0.717, 1.165) is 0 Å². The zero-order valence-corrected chi connectivity index (χ0v) is 6.92. The number of hydrogen-bond acceptors (Lipinski definition) is 2. The Morgan fingerprint density at radius 1 is 1.50 bits per heavy atom. The minimum Gasteiger partial charge on any atom is -0.280 e. The summed E-state index contributed by atoms with van der Waals surface area (Å²) >= 11 is 1.60. The highest BCUT2D eigenvalue weighted by Gasteiger charge is 2.45. The minimum absolute atomic E-state index is 0.0605. The van der Waals surface area contributed by atoms with E-state index in [9.17, 15) is 8.78 Å². The van der Waals surface area contributed by atoms with Crippen molar-refractivity contribution in [2.45, 2.75) is 18.2 Å². The average Bonchev–Trinajstić information content (AvgIpc) is 1.81. The van der Waals surface area contributed by atoms with Crippen molar-refractivity contribution in [1.82, 2.24) is 4.90 Å². The first-order chi connectivity index (χ1) is 4.55. The second kappa shape index (κ2) is 2.66. The molecule has 0 aromatic rings. The lowest BCUT2D eigenvalue weighted by Crippen LogP contribution is -2.58. The molecule has 0 spiro atoms. The summed E-state index contributed by atoms with van der Waals surface area (Å²) in [5.74, 6) is -2.41. The van der Waals surface area contributed by atoms with Crippen LogP contribution in [0, 0.1) is 0 Å². The van der Waals surface area contributed by atoms with E-state index < -0.39 is 5.92 Å². The first kappa shape index (κ1) is 8.27. The number of rotatable bonds is 2. The van der Waals surface area contributed by atoms with Gasteiger partial charge in [-0.15, -0.1) is 11.8 Å². The SMILES string of the molecule is CSC(C)N1CC(F)(F)C1. The van der Waals surface area contributed by atoms with Crippen LogP contribution in [0.2, 0.25) is 0 Å². The van der Waals surface area contributed by atoms with Crippen molar-refractivity contribution in [3.8, 4) is 0 Å². The average molecular weight is 167 g/mol. The van der Waals surface area contributed by atoms with E-state index in [1.54, 1.807) is 16.7 Å². The monoisotopic (exact) mass is 167 g/mol. The van der Waals surface area contributed by atoms with Gasteiger partial charge in [0.15, 0.2) is 0 Å². The predicted octanol–water partition coefficient (Wildman–Crippen LogP) is 1.65. The quantitative estimate of drug-likeness (QED) is 0.615. The Labute approximate surface area is 63.8 Å². The Bertz CT molecular complexity index is 121. The molecule has 0 bridgehead atoms. The van der Waals surface area contributed by atoms with Crippen LogP contribution in [0.1, 0.15) is 6.92 Å². The Hall–Kier alpha value is 0.170. The maximum atomic E-state index is 12.2. The number of thioether (sulfide) groups is 1. The summed E-state index contributed by atoms with van der Waals surface area (Å²) in [6, 6.07) is 0. The molecule has 4 heteroatoms. The molecular formula is C6H11F2NS. The van der Waals surface area contributed by atoms with Crippen molar-refractivity contribution in [3.63, 3.8) is 0 Å². The van der Waals surface area contributed by atoms with Gasteiger partial charge in [-0.3, -0.25) is 4.90 Å². The molecule has 0 radical (unpaired) electrons. The molecule has 0 saturated carbocycles. The van der Waals surface area contributed by atoms with Crippen LogP contribution in [0.4, 0.5) is 8.78 Å². The standard InChI is InChI=1S/C6H11F2NS/c1-5(10-2)9-3-6(7,8)4-9/h5H,3-4H2,1-2H3. The molecule has 1 nitrogen and oxygen atoms in total. The molecule has 1 unspecified atom stereocenters. The van der Waals surface area contributed by atoms with E-state index in [0.29, 0.717) is 0 Å². The smallest absolute Gasteiger partial charge is 0.273 e. The normalized spacial score (nSPS) is 27.6. The molecule has 1 aliphatic rings. The molecule has 1 fully saturated rings. The van der Waals surface area contributed by atoms with Gasteiger partial charge in [-0.25, -0.2) is 8.78 Å². The lowest BCUT2D eigenvalue weighted by atomic mass is 10.1. The Balaban J connectivity index is 2.26. The van der Waals surface area contributed by atoms with Crippen molar-refractivity contribution in [3.05, 3.63) is 0 Å². The van der Waals surface area contributed by atoms with E-state index >= 15 is 0 Å². The van der Waals surface area contributed by atoms with Crippen molar-refractivity contribution < 1.29 is 8.78 Å². The van der Waals surface area contributed by atoms with Crippen molar-refractivity contribution in [2.75, 3.05) is 19.3 Å². The first-order valence-electron chi connectivity index (χ1n) is 3.20. The fraction of sp³-hybridized carbons (Fsp3) is 1.00. The van der Waals surface area contributed by atoms with E-state index in [4.69, 9.17) is 0 Å². The minimum atomic E-state index is -2.41. The number of nitrogens with zero attached hydrogens (tertiary/aromatic N) is 1. The topological polar surface area (TPSA) is 3.24 Å². The summed E-state index contributed by atoms with van der Waals surface area (Å²) in [4.78, 5) is 1.77. The Morgan fingerprint density at radius 2 is 2.00 bits per heavy atom. The molecule has 1 rings (SSSR count). The highest BCUT2D eigenvalue weighted by Crippen LogP contribution is 2.30. The van der Waals surface area contributed by atoms with E-state index in [-0.39, 0.29) is 18.5 Å². The second-order valence-corrected chi connectivity index (χ2v) is 3.75. The van der Waals surface area contributed by atoms with Gasteiger partial charge < -0.3 is 0 Å². The zero-order valence-electron chi connectivity index (χ0n) is 6.10. The summed E-state index contributed by atoms with van der Waals surface area (Å²) in [6.45, 7) is 1.82. The van der Waals surface area contributed by atoms with Gasteiger partial charge in [-0.2, -0.15) is 0 Å². The maximum Gasteiger partial charge on any atom is 0.273 e. The Morgan fingerprint density at radius 3 is 2.30 bits per heavy atom. The third kappa shape index (κ3) is 1.61. The number of alkyl halides is 2. The van der Waals surface area contributed by atoms with Gasteiger partial charge in [-0.1, -0.05) is 0 Å². The van der Waals surface area contributed by atoms with E-state index in [2.05, 4.69) is 0 Å². The van der Waals surface area contributed by atoms with Crippen LogP contribution in [0.15, 0.2) is 0 Å². The number of likely N-dealkylation sites (tertiary alicyclic amines) is 1. The number of hydrogen-bond donors (Lipinski definition) is 0. The van der Waals surface area contributed by atoms with Crippen LogP contribution in [-0.2, 0) is 0 Å². The molecule has 0 aromatic heterocycles. The lowest BCUT2D eigenvalue weighted by Gasteiger charge is -2.41. The largest absolute Gasteiger partial charge is 0.280 e. The molecule has 0 aromatic carbocycles. The van der Waals surface area contributed by atoms with Gasteiger partial charge in [0, 0.05) is 0 Å². The summed E-state index contributed by atoms with van der Waals surface area (Å²) in [6.07, 6.45) is 1.93. The molecule has 1 atom stereocenters. The Kier molecular flexibility index (Phi) is 2.20. The molecule has 0 N–H and O–H groups in total. The molecule has 0 aliphatic carbocycles. The highest BCUT2D eigenvalue weighted by atomic mass is 32.2. The van der Waals surface area contributed by atoms with Crippen LogP contribution in [0.3, 0.4) is 0 Å². The van der Waals surface area contributed by atoms with Crippen molar-refractivity contribution in [2.24, 2.45) is 0 Å². The van der Waals surface area contributed by atoms with E-state index in [1.807, 2.05) is 13.2 Å².